The van der Waals surface area contributed by atoms with E-state index in [0.29, 0.717) is 18.8 Å². The number of likely N-dealkylation sites (N-methyl/N-ethyl adjacent to an activating group) is 1. The van der Waals surface area contributed by atoms with Crippen LogP contribution in [-0.4, -0.2) is 79.6 Å². The van der Waals surface area contributed by atoms with E-state index < -0.39 is 5.54 Å². The summed E-state index contributed by atoms with van der Waals surface area (Å²) in [7, 11) is 5.07. The van der Waals surface area contributed by atoms with Crippen molar-refractivity contribution in [2.45, 2.75) is 31.0 Å². The minimum absolute atomic E-state index is 0.0780. The number of amides is 3. The summed E-state index contributed by atoms with van der Waals surface area (Å²) in [6.07, 6.45) is 1.29. The zero-order valence-corrected chi connectivity index (χ0v) is 21.2. The molecule has 0 radical (unpaired) electrons. The van der Waals surface area contributed by atoms with E-state index in [1.807, 2.05) is 36.4 Å². The first-order valence-electron chi connectivity index (χ1n) is 12.5. The van der Waals surface area contributed by atoms with E-state index in [4.69, 9.17) is 9.47 Å². The van der Waals surface area contributed by atoms with Gasteiger partial charge >= 0.3 is 6.03 Å². The largest absolute Gasteiger partial charge is 0.497 e. The van der Waals surface area contributed by atoms with Crippen LogP contribution in [0.1, 0.15) is 30.0 Å². The first-order chi connectivity index (χ1) is 17.4. The second kappa shape index (κ2) is 10.1. The molecule has 3 heterocycles. The fourth-order valence-electron chi connectivity index (χ4n) is 5.76. The number of rotatable bonds is 7. The van der Waals surface area contributed by atoms with Crippen LogP contribution in [-0.2, 0) is 11.3 Å². The predicted octanol–water partition coefficient (Wildman–Crippen LogP) is 2.40. The van der Waals surface area contributed by atoms with Crippen molar-refractivity contribution < 1.29 is 19.1 Å². The number of imide groups is 1. The van der Waals surface area contributed by atoms with Gasteiger partial charge in [-0.25, -0.2) is 10.2 Å². The molecule has 0 saturated carbocycles. The minimum atomic E-state index is -0.748. The average molecular weight is 494 g/mol. The lowest BCUT2D eigenvalue weighted by Gasteiger charge is -2.41. The fraction of sp³-hybridized carbons (Fsp3) is 0.481. The zero-order chi connectivity index (χ0) is 25.3. The summed E-state index contributed by atoms with van der Waals surface area (Å²) in [4.78, 5) is 32.2. The Morgan fingerprint density at radius 1 is 0.944 bits per heavy atom. The van der Waals surface area contributed by atoms with E-state index in [-0.39, 0.29) is 24.5 Å². The highest BCUT2D eigenvalue weighted by Crippen LogP contribution is 2.38. The van der Waals surface area contributed by atoms with Crippen molar-refractivity contribution in [1.29, 1.82) is 0 Å². The number of nitrogens with one attached hydrogen (secondary N) is 2. The number of nitrogens with zero attached hydrogens (tertiary/aromatic N) is 3. The summed E-state index contributed by atoms with van der Waals surface area (Å²) < 4.78 is 10.5. The molecule has 9 heteroatoms. The first kappa shape index (κ1) is 24.5. The van der Waals surface area contributed by atoms with Crippen LogP contribution in [0.4, 0.5) is 4.79 Å². The molecule has 2 atom stereocenters. The van der Waals surface area contributed by atoms with Gasteiger partial charge in [-0.15, -0.1) is 0 Å². The van der Waals surface area contributed by atoms with Gasteiger partial charge in [0.15, 0.2) is 0 Å². The first-order valence-corrected chi connectivity index (χ1v) is 12.5. The third-order valence-electron chi connectivity index (χ3n) is 8.05. The summed E-state index contributed by atoms with van der Waals surface area (Å²) in [6.45, 7) is 3.65. The lowest BCUT2D eigenvalue weighted by molar-refractivity contribution is -0.135. The van der Waals surface area contributed by atoms with Gasteiger partial charge in [-0.3, -0.25) is 15.1 Å². The molecule has 2 N–H and O–H groups in total. The van der Waals surface area contributed by atoms with Gasteiger partial charge in [0.05, 0.1) is 26.8 Å². The van der Waals surface area contributed by atoms with Crippen LogP contribution in [0.5, 0.6) is 11.5 Å². The molecule has 0 aromatic heterocycles. The van der Waals surface area contributed by atoms with Crippen LogP contribution >= 0.6 is 0 Å². The monoisotopic (exact) mass is 493 g/mol. The van der Waals surface area contributed by atoms with E-state index in [1.54, 1.807) is 26.2 Å². The number of methoxy groups -OCH3 is 2. The number of hydrogen-bond donors (Lipinski definition) is 2. The van der Waals surface area contributed by atoms with Gasteiger partial charge in [0.2, 0.25) is 0 Å². The van der Waals surface area contributed by atoms with Crippen molar-refractivity contribution in [3.8, 4) is 11.5 Å². The zero-order valence-electron chi connectivity index (χ0n) is 21.2. The normalized spacial score (nSPS) is 24.1. The van der Waals surface area contributed by atoms with Gasteiger partial charge in [0.1, 0.15) is 17.0 Å². The van der Waals surface area contributed by atoms with Crippen LogP contribution in [0.25, 0.3) is 0 Å². The smallest absolute Gasteiger partial charge is 0.327 e. The Kier molecular flexibility index (Phi) is 6.87. The number of carbonyl (C=O) groups excluding carboxylic acids is 2. The molecule has 2 aromatic carbocycles. The highest BCUT2D eigenvalue weighted by Gasteiger charge is 2.56. The summed E-state index contributed by atoms with van der Waals surface area (Å²) in [5.74, 6) is 1.92. The van der Waals surface area contributed by atoms with Crippen molar-refractivity contribution in [1.82, 2.24) is 25.6 Å². The number of piperidine rings is 1. The summed E-state index contributed by atoms with van der Waals surface area (Å²) in [6, 6.07) is 15.7. The molecule has 2 unspecified atom stereocenters. The molecule has 2 aromatic rings. The van der Waals surface area contributed by atoms with E-state index in [9.17, 15) is 9.59 Å². The Morgan fingerprint density at radius 3 is 2.17 bits per heavy atom. The SMILES string of the molecule is COc1ccc(CN2C(=O)N(C)C3(CCN(CC4CNNC4c4ccc(OC)cc4)CC3)C2=O)cc1. The van der Waals surface area contributed by atoms with E-state index in [2.05, 4.69) is 27.9 Å². The van der Waals surface area contributed by atoms with Gasteiger partial charge in [-0.1, -0.05) is 24.3 Å². The molecule has 3 saturated heterocycles. The number of carbonyl (C=O) groups is 2. The van der Waals surface area contributed by atoms with Gasteiger partial charge < -0.3 is 19.3 Å². The Hall–Kier alpha value is -3.14. The van der Waals surface area contributed by atoms with Gasteiger partial charge in [-0.05, 0) is 48.2 Å². The van der Waals surface area contributed by atoms with Crippen molar-refractivity contribution in [3.63, 3.8) is 0 Å². The number of likely N-dealkylation sites (tertiary alicyclic amines) is 1. The molecule has 9 nitrogen and oxygen atoms in total. The third-order valence-corrected chi connectivity index (χ3v) is 8.05. The lowest BCUT2D eigenvalue weighted by Crippen LogP contribution is -2.56. The number of ether oxygens (including phenoxy) is 2. The van der Waals surface area contributed by atoms with Crippen LogP contribution in [0.15, 0.2) is 48.5 Å². The quantitative estimate of drug-likeness (QED) is 0.573. The Balaban J connectivity index is 1.21. The predicted molar refractivity (Wildman–Crippen MR) is 135 cm³/mol. The van der Waals surface area contributed by atoms with E-state index in [1.165, 1.54) is 10.5 Å². The standard InChI is InChI=1S/C27H35N5O4/c1-30-26(34)32(17-19-4-8-22(35-2)9-5-19)25(33)27(30)12-14-31(15-13-27)18-21-16-28-29-24(21)20-6-10-23(36-3)11-7-20/h4-11,21,24,28-29H,12-18H2,1-3H3. The summed E-state index contributed by atoms with van der Waals surface area (Å²) in [5, 5.41) is 0. The maximum Gasteiger partial charge on any atom is 0.327 e. The van der Waals surface area contributed by atoms with E-state index in [0.717, 1.165) is 43.2 Å². The van der Waals surface area contributed by atoms with Gasteiger partial charge in [0, 0.05) is 39.1 Å². The molecule has 3 aliphatic rings. The summed E-state index contributed by atoms with van der Waals surface area (Å²) in [5.41, 5.74) is 8.12. The van der Waals surface area contributed by atoms with Crippen LogP contribution in [0, 0.1) is 5.92 Å². The second-order valence-electron chi connectivity index (χ2n) is 9.95. The molecular formula is C27H35N5O4. The molecule has 5 rings (SSSR count). The molecule has 0 aliphatic carbocycles. The van der Waals surface area contributed by atoms with Gasteiger partial charge in [0.25, 0.3) is 5.91 Å². The average Bonchev–Trinajstić information content (AvgIpc) is 3.44. The lowest BCUT2D eigenvalue weighted by atomic mass is 9.85. The maximum absolute atomic E-state index is 13.6. The fourth-order valence-corrected chi connectivity index (χ4v) is 5.76. The Bertz CT molecular complexity index is 1080. The van der Waals surface area contributed by atoms with Crippen molar-refractivity contribution in [2.75, 3.05) is 47.4 Å². The van der Waals surface area contributed by atoms with E-state index >= 15 is 0 Å². The molecule has 3 aliphatic heterocycles. The molecule has 3 amide bonds. The highest BCUT2D eigenvalue weighted by atomic mass is 16.5. The molecule has 0 bridgehead atoms. The molecule has 36 heavy (non-hydrogen) atoms. The van der Waals surface area contributed by atoms with Crippen LogP contribution < -0.4 is 20.3 Å². The van der Waals surface area contributed by atoms with Crippen molar-refractivity contribution in [3.05, 3.63) is 59.7 Å². The van der Waals surface area contributed by atoms with Crippen molar-refractivity contribution in [2.24, 2.45) is 5.92 Å². The molecule has 192 valence electrons. The number of urea groups is 1. The Morgan fingerprint density at radius 2 is 1.56 bits per heavy atom. The number of hydrogen-bond acceptors (Lipinski definition) is 7. The highest BCUT2D eigenvalue weighted by molar-refractivity contribution is 6.06. The third kappa shape index (κ3) is 4.42. The van der Waals surface area contributed by atoms with Crippen LogP contribution in [0.3, 0.4) is 0 Å². The topological polar surface area (TPSA) is 86.4 Å². The second-order valence-corrected chi connectivity index (χ2v) is 9.95. The van der Waals surface area contributed by atoms with Crippen molar-refractivity contribution >= 4 is 11.9 Å². The van der Waals surface area contributed by atoms with Crippen LogP contribution in [0.2, 0.25) is 0 Å². The molecule has 3 fully saturated rings. The maximum atomic E-state index is 13.6. The summed E-state index contributed by atoms with van der Waals surface area (Å²) >= 11 is 0. The minimum Gasteiger partial charge on any atom is -0.497 e. The van der Waals surface area contributed by atoms with Gasteiger partial charge in [-0.2, -0.15) is 0 Å². The number of benzene rings is 2. The Labute approximate surface area is 212 Å². The molecule has 1 spiro atoms. The number of hydrazine groups is 1. The molecular weight excluding hydrogens is 458 g/mol.